The average Bonchev–Trinajstić information content (AvgIpc) is 3.51. The van der Waals surface area contributed by atoms with Crippen LogP contribution in [0.3, 0.4) is 0 Å². The van der Waals surface area contributed by atoms with Gasteiger partial charge < -0.3 is 10.5 Å². The van der Waals surface area contributed by atoms with Crippen molar-refractivity contribution in [3.05, 3.63) is 23.9 Å². The minimum atomic E-state index is -4.30. The van der Waals surface area contributed by atoms with Gasteiger partial charge in [0.2, 0.25) is 0 Å². The molecule has 0 aromatic carbocycles. The van der Waals surface area contributed by atoms with Crippen molar-refractivity contribution in [2.45, 2.75) is 62.6 Å². The SMILES string of the molecule is CC(C)(C)OC(=O)N1CC(N)=C(C=NS(=O)(=O)c2ncn(CC(F)F)n2)C1.O=S(=O)(Cl)c1ncn(CC(F)F)n1. The number of ether oxygens (including phenoxy) is 1. The van der Waals surface area contributed by atoms with Gasteiger partial charge in [-0.1, -0.05) is 0 Å². The summed E-state index contributed by atoms with van der Waals surface area (Å²) in [6.45, 7) is 3.74. The summed E-state index contributed by atoms with van der Waals surface area (Å²) in [6.07, 6.45) is -3.17. The van der Waals surface area contributed by atoms with Crippen LogP contribution in [0.4, 0.5) is 22.4 Å². The number of rotatable bonds is 8. The van der Waals surface area contributed by atoms with Crippen LogP contribution in [0, 0.1) is 0 Å². The molecule has 3 heterocycles. The van der Waals surface area contributed by atoms with Gasteiger partial charge in [-0.15, -0.1) is 10.2 Å². The number of nitrogens with two attached hydrogens (primary N) is 1. The monoisotopic (exact) mass is 637 g/mol. The van der Waals surface area contributed by atoms with Crippen molar-refractivity contribution in [1.29, 1.82) is 0 Å². The summed E-state index contributed by atoms with van der Waals surface area (Å²) >= 11 is 0. The molecule has 3 rings (SSSR count). The van der Waals surface area contributed by atoms with Gasteiger partial charge in [-0.3, -0.25) is 4.90 Å². The van der Waals surface area contributed by atoms with E-state index in [1.54, 1.807) is 20.8 Å². The molecule has 2 aromatic rings. The highest BCUT2D eigenvalue weighted by atomic mass is 35.7. The largest absolute Gasteiger partial charge is 0.444 e. The number of hydrogen-bond acceptors (Lipinski definition) is 11. The number of aromatic nitrogens is 6. The van der Waals surface area contributed by atoms with Crippen LogP contribution in [0.25, 0.3) is 0 Å². The second-order valence-corrected chi connectivity index (χ2v) is 12.8. The molecule has 0 atom stereocenters. The highest BCUT2D eigenvalue weighted by Gasteiger charge is 2.28. The highest BCUT2D eigenvalue weighted by molar-refractivity contribution is 8.13. The van der Waals surface area contributed by atoms with Crippen LogP contribution in [-0.4, -0.2) is 95.1 Å². The van der Waals surface area contributed by atoms with Gasteiger partial charge in [0.05, 0.1) is 13.1 Å². The number of carbonyl (C=O) groups excluding carboxylic acids is 1. The molecule has 22 heteroatoms. The van der Waals surface area contributed by atoms with Gasteiger partial charge in [-0.2, -0.15) is 12.8 Å². The molecule has 1 amide bonds. The number of nitrogens with zero attached hydrogens (tertiary/aromatic N) is 8. The summed E-state index contributed by atoms with van der Waals surface area (Å²) in [6, 6.07) is 0. The van der Waals surface area contributed by atoms with E-state index in [9.17, 15) is 39.2 Å². The molecule has 15 nitrogen and oxygen atoms in total. The Bertz CT molecular complexity index is 1470. The Morgan fingerprint density at radius 3 is 2.00 bits per heavy atom. The second-order valence-electron chi connectivity index (χ2n) is 8.81. The zero-order valence-corrected chi connectivity index (χ0v) is 23.4. The Kier molecular flexibility index (Phi) is 10.6. The van der Waals surface area contributed by atoms with E-state index in [-0.39, 0.29) is 18.8 Å². The van der Waals surface area contributed by atoms with Crippen molar-refractivity contribution in [3.63, 3.8) is 0 Å². The summed E-state index contributed by atoms with van der Waals surface area (Å²) in [4.78, 5) is 20.0. The number of hydrogen-bond donors (Lipinski definition) is 1. The molecule has 2 N–H and O–H groups in total. The first-order chi connectivity index (χ1) is 18.3. The van der Waals surface area contributed by atoms with Gasteiger partial charge in [0.1, 0.15) is 31.3 Å². The van der Waals surface area contributed by atoms with Crippen LogP contribution in [-0.2, 0) is 36.9 Å². The second kappa shape index (κ2) is 12.9. The van der Waals surface area contributed by atoms with E-state index < -0.39 is 67.0 Å². The third-order valence-electron chi connectivity index (χ3n) is 4.26. The highest BCUT2D eigenvalue weighted by Crippen LogP contribution is 2.17. The molecule has 1 aliphatic heterocycles. The molecule has 0 aliphatic carbocycles. The molecule has 0 unspecified atom stereocenters. The summed E-state index contributed by atoms with van der Waals surface area (Å²) in [5.41, 5.74) is 5.71. The van der Waals surface area contributed by atoms with E-state index >= 15 is 0 Å². The van der Waals surface area contributed by atoms with Crippen LogP contribution in [0.5, 0.6) is 0 Å². The van der Waals surface area contributed by atoms with E-state index in [4.69, 9.17) is 21.2 Å². The summed E-state index contributed by atoms with van der Waals surface area (Å²) < 4.78 is 104. The van der Waals surface area contributed by atoms with E-state index in [1.165, 1.54) is 4.90 Å². The lowest BCUT2D eigenvalue weighted by atomic mass is 10.2. The van der Waals surface area contributed by atoms with Gasteiger partial charge >= 0.3 is 16.1 Å². The molecule has 2 aromatic heterocycles. The van der Waals surface area contributed by atoms with Crippen molar-refractivity contribution >= 4 is 42.1 Å². The standard InChI is InChI=1S/C14H20F2N6O4S.C4H4ClF2N3O2S/c1-14(2,3)26-13(23)21-5-9(10(17)6-21)4-19-27(24,25)12-18-8-22(20-12)7-11(15)16;5-13(11,12)4-8-2-10(9-4)1-3(6)7/h4,8,11H,5-7,17H2,1-3H3;2-3H,1H2. The number of carbonyl (C=O) groups is 1. The number of alkyl halides is 4. The summed E-state index contributed by atoms with van der Waals surface area (Å²) in [5, 5.41) is 5.31. The molecule has 0 radical (unpaired) electrons. The van der Waals surface area contributed by atoms with Gasteiger partial charge in [-0.25, -0.2) is 50.1 Å². The zero-order valence-electron chi connectivity index (χ0n) is 21.0. The zero-order chi connectivity index (χ0) is 30.5. The fourth-order valence-electron chi connectivity index (χ4n) is 2.67. The summed E-state index contributed by atoms with van der Waals surface area (Å²) in [7, 11) is -3.47. The first-order valence-corrected chi connectivity index (χ1v) is 14.6. The minimum Gasteiger partial charge on any atom is -0.444 e. The van der Waals surface area contributed by atoms with Crippen molar-refractivity contribution in [2.75, 3.05) is 13.1 Å². The van der Waals surface area contributed by atoms with Crippen molar-refractivity contribution in [1.82, 2.24) is 34.4 Å². The lowest BCUT2D eigenvalue weighted by molar-refractivity contribution is 0.0300. The first kappa shape index (κ1) is 32.9. The molecule has 40 heavy (non-hydrogen) atoms. The Hall–Kier alpha value is -3.33. The summed E-state index contributed by atoms with van der Waals surface area (Å²) in [5.74, 6) is 0. The van der Waals surface area contributed by atoms with Crippen LogP contribution >= 0.6 is 10.7 Å². The fraction of sp³-hybridized carbons (Fsp3) is 0.556. The predicted octanol–water partition coefficient (Wildman–Crippen LogP) is 1.24. The number of amides is 1. The average molecular weight is 638 g/mol. The molecular weight excluding hydrogens is 614 g/mol. The van der Waals surface area contributed by atoms with E-state index in [1.807, 2.05) is 0 Å². The maximum atomic E-state index is 12.3. The maximum Gasteiger partial charge on any atom is 0.410 e. The minimum absolute atomic E-state index is 0.0209. The van der Waals surface area contributed by atoms with Gasteiger partial charge in [-0.05, 0) is 20.8 Å². The van der Waals surface area contributed by atoms with Gasteiger partial charge in [0, 0.05) is 28.2 Å². The van der Waals surface area contributed by atoms with Gasteiger partial charge in [0.15, 0.2) is 0 Å². The van der Waals surface area contributed by atoms with Crippen molar-refractivity contribution in [3.8, 4) is 0 Å². The first-order valence-electron chi connectivity index (χ1n) is 10.8. The Morgan fingerprint density at radius 1 is 1.05 bits per heavy atom. The lowest BCUT2D eigenvalue weighted by Gasteiger charge is -2.24. The van der Waals surface area contributed by atoms with Crippen LogP contribution in [0.2, 0.25) is 0 Å². The topological polar surface area (TPSA) is 198 Å². The third kappa shape index (κ3) is 10.3. The lowest BCUT2D eigenvalue weighted by Crippen LogP contribution is -2.36. The number of halogens is 5. The van der Waals surface area contributed by atoms with E-state index in [0.717, 1.165) is 18.9 Å². The fourth-order valence-corrected chi connectivity index (χ4v) is 4.01. The van der Waals surface area contributed by atoms with Crippen molar-refractivity contribution in [2.24, 2.45) is 10.1 Å². The van der Waals surface area contributed by atoms with Crippen LogP contribution < -0.4 is 5.73 Å². The van der Waals surface area contributed by atoms with Crippen molar-refractivity contribution < 1.29 is 43.9 Å². The molecular formula is C18H24ClF4N9O6S2. The molecule has 1 aliphatic rings. The molecule has 0 fully saturated rings. The molecule has 0 bridgehead atoms. The third-order valence-corrected chi connectivity index (χ3v) is 6.33. The van der Waals surface area contributed by atoms with Gasteiger partial charge in [0.25, 0.3) is 32.2 Å². The van der Waals surface area contributed by atoms with E-state index in [2.05, 4.69) is 24.6 Å². The number of sulfonamides is 1. The van der Waals surface area contributed by atoms with Crippen LogP contribution in [0.1, 0.15) is 20.8 Å². The Morgan fingerprint density at radius 2 is 1.55 bits per heavy atom. The normalized spacial score (nSPS) is 14.8. The Balaban J connectivity index is 0.000000360. The molecule has 0 spiro atoms. The molecule has 224 valence electrons. The Labute approximate surface area is 230 Å². The molecule has 0 saturated heterocycles. The van der Waals surface area contributed by atoms with E-state index in [0.29, 0.717) is 14.9 Å². The smallest absolute Gasteiger partial charge is 0.410 e. The predicted molar refractivity (Wildman–Crippen MR) is 130 cm³/mol. The quantitative estimate of drug-likeness (QED) is 0.248. The molecule has 0 saturated carbocycles. The maximum absolute atomic E-state index is 12.3. The van der Waals surface area contributed by atoms with Crippen LogP contribution in [0.15, 0.2) is 38.6 Å².